The fraction of sp³-hybridized carbons (Fsp3) is 0.500. The topological polar surface area (TPSA) is 88.7 Å². The average Bonchev–Trinajstić information content (AvgIpc) is 3.16. The van der Waals surface area contributed by atoms with Gasteiger partial charge in [0.25, 0.3) is 0 Å². The van der Waals surface area contributed by atoms with Crippen LogP contribution in [0, 0.1) is 0 Å². The summed E-state index contributed by atoms with van der Waals surface area (Å²) in [6.45, 7) is 6.26. The number of aromatic nitrogens is 2. The fourth-order valence-electron chi connectivity index (χ4n) is 2.88. The van der Waals surface area contributed by atoms with Crippen LogP contribution in [0.5, 0.6) is 5.75 Å². The predicted molar refractivity (Wildman–Crippen MR) is 91.1 cm³/mol. The lowest BCUT2D eigenvalue weighted by atomic mass is 10.1. The standard InChI is InChI=1S/C18H23N3O4/c1-18(2,3)24-17(23)21-10-4-5-13(21)11-15-19-16(20-25-15)12-6-8-14(22)9-7-12/h6-9,13,22H,4-5,10-11H2,1-3H3/t13-/m0/s1. The van der Waals surface area contributed by atoms with Crippen LogP contribution < -0.4 is 0 Å². The summed E-state index contributed by atoms with van der Waals surface area (Å²) in [7, 11) is 0. The van der Waals surface area contributed by atoms with Gasteiger partial charge in [0.2, 0.25) is 11.7 Å². The van der Waals surface area contributed by atoms with Crippen LogP contribution in [0.15, 0.2) is 28.8 Å². The van der Waals surface area contributed by atoms with E-state index in [4.69, 9.17) is 9.26 Å². The molecule has 1 aromatic carbocycles. The molecule has 1 atom stereocenters. The molecule has 0 spiro atoms. The Hall–Kier alpha value is -2.57. The van der Waals surface area contributed by atoms with Crippen LogP contribution in [-0.2, 0) is 11.2 Å². The third kappa shape index (κ3) is 4.29. The van der Waals surface area contributed by atoms with Gasteiger partial charge in [0.15, 0.2) is 0 Å². The Bertz CT molecular complexity index is 734. The Kier molecular flexibility index (Phi) is 4.65. The summed E-state index contributed by atoms with van der Waals surface area (Å²) < 4.78 is 10.8. The van der Waals surface area contributed by atoms with Gasteiger partial charge < -0.3 is 19.3 Å². The highest BCUT2D eigenvalue weighted by molar-refractivity contribution is 5.69. The van der Waals surface area contributed by atoms with Crippen LogP contribution in [0.2, 0.25) is 0 Å². The summed E-state index contributed by atoms with van der Waals surface area (Å²) in [6, 6.07) is 6.61. The first-order chi connectivity index (χ1) is 11.8. The maximum absolute atomic E-state index is 12.3. The summed E-state index contributed by atoms with van der Waals surface area (Å²) in [5, 5.41) is 13.3. The predicted octanol–water partition coefficient (Wildman–Crippen LogP) is 3.38. The number of rotatable bonds is 3. The number of ether oxygens (including phenoxy) is 1. The van der Waals surface area contributed by atoms with Gasteiger partial charge in [-0.15, -0.1) is 0 Å². The number of amides is 1. The van der Waals surface area contributed by atoms with Crippen molar-refractivity contribution in [1.29, 1.82) is 0 Å². The minimum absolute atomic E-state index is 0.00275. The van der Waals surface area contributed by atoms with E-state index in [2.05, 4.69) is 10.1 Å². The molecule has 1 N–H and O–H groups in total. The molecule has 0 saturated carbocycles. The van der Waals surface area contributed by atoms with E-state index in [0.29, 0.717) is 24.7 Å². The Morgan fingerprint density at radius 1 is 1.36 bits per heavy atom. The van der Waals surface area contributed by atoms with Crippen molar-refractivity contribution < 1.29 is 19.2 Å². The quantitative estimate of drug-likeness (QED) is 0.917. The molecule has 3 rings (SSSR count). The van der Waals surface area contributed by atoms with Gasteiger partial charge in [0, 0.05) is 24.6 Å². The first-order valence-electron chi connectivity index (χ1n) is 8.43. The minimum Gasteiger partial charge on any atom is -0.508 e. The second-order valence-corrected chi connectivity index (χ2v) is 7.23. The lowest BCUT2D eigenvalue weighted by Crippen LogP contribution is -2.40. The number of likely N-dealkylation sites (tertiary alicyclic amines) is 1. The Morgan fingerprint density at radius 3 is 2.76 bits per heavy atom. The summed E-state index contributed by atoms with van der Waals surface area (Å²) in [4.78, 5) is 18.5. The SMILES string of the molecule is CC(C)(C)OC(=O)N1CCC[C@H]1Cc1nc(-c2ccc(O)cc2)no1. The molecule has 1 aliphatic heterocycles. The molecular weight excluding hydrogens is 322 g/mol. The van der Waals surface area contributed by atoms with Crippen molar-refractivity contribution in [2.45, 2.75) is 51.7 Å². The Balaban J connectivity index is 1.67. The number of carbonyl (C=O) groups excluding carboxylic acids is 1. The smallest absolute Gasteiger partial charge is 0.410 e. The summed E-state index contributed by atoms with van der Waals surface area (Å²) >= 11 is 0. The molecule has 2 heterocycles. The Morgan fingerprint density at radius 2 is 2.08 bits per heavy atom. The number of aromatic hydroxyl groups is 1. The van der Waals surface area contributed by atoms with Crippen molar-refractivity contribution in [2.75, 3.05) is 6.54 Å². The van der Waals surface area contributed by atoms with Gasteiger partial charge in [-0.3, -0.25) is 0 Å². The van der Waals surface area contributed by atoms with Crippen molar-refractivity contribution in [3.05, 3.63) is 30.2 Å². The lowest BCUT2D eigenvalue weighted by molar-refractivity contribution is 0.0222. The number of phenols is 1. The zero-order chi connectivity index (χ0) is 18.0. The molecule has 7 heteroatoms. The van der Waals surface area contributed by atoms with Gasteiger partial charge in [-0.1, -0.05) is 5.16 Å². The maximum Gasteiger partial charge on any atom is 0.410 e. The van der Waals surface area contributed by atoms with Gasteiger partial charge in [0.1, 0.15) is 11.4 Å². The molecule has 0 aliphatic carbocycles. The van der Waals surface area contributed by atoms with Gasteiger partial charge in [-0.25, -0.2) is 4.79 Å². The number of benzene rings is 1. The summed E-state index contributed by atoms with van der Waals surface area (Å²) in [5.41, 5.74) is 0.254. The van der Waals surface area contributed by atoms with Crippen LogP contribution >= 0.6 is 0 Å². The monoisotopic (exact) mass is 345 g/mol. The first kappa shape index (κ1) is 17.3. The molecule has 1 amide bonds. The highest BCUT2D eigenvalue weighted by Gasteiger charge is 2.33. The lowest BCUT2D eigenvalue weighted by Gasteiger charge is -2.28. The molecule has 1 saturated heterocycles. The van der Waals surface area contributed by atoms with Crippen LogP contribution in [0.25, 0.3) is 11.4 Å². The maximum atomic E-state index is 12.3. The van der Waals surface area contributed by atoms with Gasteiger partial charge in [0.05, 0.1) is 0 Å². The molecule has 1 fully saturated rings. The van der Waals surface area contributed by atoms with E-state index >= 15 is 0 Å². The summed E-state index contributed by atoms with van der Waals surface area (Å²) in [5.74, 6) is 1.15. The van der Waals surface area contributed by atoms with Crippen LogP contribution in [-0.4, -0.2) is 44.4 Å². The molecule has 0 unspecified atom stereocenters. The minimum atomic E-state index is -0.513. The molecule has 2 aromatic rings. The largest absolute Gasteiger partial charge is 0.508 e. The number of carbonyl (C=O) groups is 1. The van der Waals surface area contributed by atoms with E-state index in [1.165, 1.54) is 0 Å². The van der Waals surface area contributed by atoms with Gasteiger partial charge in [-0.2, -0.15) is 4.98 Å². The number of nitrogens with zero attached hydrogens (tertiary/aromatic N) is 3. The van der Waals surface area contributed by atoms with E-state index in [1.807, 2.05) is 20.8 Å². The van der Waals surface area contributed by atoms with Gasteiger partial charge >= 0.3 is 6.09 Å². The van der Waals surface area contributed by atoms with Crippen molar-refractivity contribution >= 4 is 6.09 Å². The molecule has 1 aromatic heterocycles. The highest BCUT2D eigenvalue weighted by Crippen LogP contribution is 2.25. The van der Waals surface area contributed by atoms with E-state index in [-0.39, 0.29) is 17.9 Å². The van der Waals surface area contributed by atoms with Crippen LogP contribution in [0.1, 0.15) is 39.5 Å². The van der Waals surface area contributed by atoms with Crippen molar-refractivity contribution in [2.24, 2.45) is 0 Å². The fourth-order valence-corrected chi connectivity index (χ4v) is 2.88. The summed E-state index contributed by atoms with van der Waals surface area (Å²) in [6.07, 6.45) is 2.02. The molecule has 0 bridgehead atoms. The second-order valence-electron chi connectivity index (χ2n) is 7.23. The number of hydrogen-bond acceptors (Lipinski definition) is 6. The second kappa shape index (κ2) is 6.74. The van der Waals surface area contributed by atoms with Crippen LogP contribution in [0.4, 0.5) is 4.79 Å². The molecule has 25 heavy (non-hydrogen) atoms. The zero-order valence-corrected chi connectivity index (χ0v) is 14.7. The van der Waals surface area contributed by atoms with Crippen molar-refractivity contribution in [3.8, 4) is 17.1 Å². The van der Waals surface area contributed by atoms with Gasteiger partial charge in [-0.05, 0) is 57.9 Å². The molecule has 7 nitrogen and oxygen atoms in total. The highest BCUT2D eigenvalue weighted by atomic mass is 16.6. The third-order valence-electron chi connectivity index (χ3n) is 4.01. The molecule has 134 valence electrons. The average molecular weight is 345 g/mol. The normalized spacial score (nSPS) is 17.7. The molecule has 1 aliphatic rings. The number of phenolic OH excluding ortho intramolecular Hbond substituents is 1. The van der Waals surface area contributed by atoms with E-state index < -0.39 is 5.60 Å². The van der Waals surface area contributed by atoms with Crippen molar-refractivity contribution in [1.82, 2.24) is 15.0 Å². The zero-order valence-electron chi connectivity index (χ0n) is 14.7. The van der Waals surface area contributed by atoms with E-state index in [1.54, 1.807) is 29.2 Å². The third-order valence-corrected chi connectivity index (χ3v) is 4.01. The van der Waals surface area contributed by atoms with Crippen molar-refractivity contribution in [3.63, 3.8) is 0 Å². The Labute approximate surface area is 146 Å². The number of hydrogen-bond donors (Lipinski definition) is 1. The van der Waals surface area contributed by atoms with E-state index in [0.717, 1.165) is 18.4 Å². The molecule has 0 radical (unpaired) electrons. The van der Waals surface area contributed by atoms with E-state index in [9.17, 15) is 9.90 Å². The first-order valence-corrected chi connectivity index (χ1v) is 8.43. The van der Waals surface area contributed by atoms with Crippen LogP contribution in [0.3, 0.4) is 0 Å². The molecular formula is C18H23N3O4.